The van der Waals surface area contributed by atoms with Gasteiger partial charge >= 0.3 is 0 Å². The fraction of sp³-hybridized carbons (Fsp3) is 0.278. The van der Waals surface area contributed by atoms with Gasteiger partial charge in [-0.05, 0) is 60.9 Å². The lowest BCUT2D eigenvalue weighted by molar-refractivity contribution is -0.140. The van der Waals surface area contributed by atoms with Crippen LogP contribution in [-0.2, 0) is 32.6 Å². The van der Waals surface area contributed by atoms with Gasteiger partial charge in [-0.25, -0.2) is 12.8 Å². The number of rotatable bonds is 13. The predicted molar refractivity (Wildman–Crippen MR) is 177 cm³/mol. The zero-order valence-electron chi connectivity index (χ0n) is 26.3. The van der Waals surface area contributed by atoms with E-state index in [1.54, 1.807) is 0 Å². The third-order valence-corrected chi connectivity index (χ3v) is 9.73. The van der Waals surface area contributed by atoms with Crippen molar-refractivity contribution in [3.63, 3.8) is 0 Å². The van der Waals surface area contributed by atoms with Crippen LogP contribution in [0.4, 0.5) is 10.1 Å². The number of benzene rings is 4. The van der Waals surface area contributed by atoms with Crippen LogP contribution in [0.2, 0.25) is 0 Å². The first-order valence-electron chi connectivity index (χ1n) is 15.5. The van der Waals surface area contributed by atoms with Gasteiger partial charge in [0.25, 0.3) is 10.0 Å². The highest BCUT2D eigenvalue weighted by Gasteiger charge is 2.35. The molecule has 0 spiro atoms. The molecule has 0 bridgehead atoms. The lowest BCUT2D eigenvalue weighted by atomic mass is 10.0. The lowest BCUT2D eigenvalue weighted by Gasteiger charge is -2.34. The van der Waals surface area contributed by atoms with Crippen LogP contribution in [0.1, 0.15) is 31.4 Å². The number of carbonyl (C=O) groups is 2. The summed E-state index contributed by atoms with van der Waals surface area (Å²) in [5, 5.41) is 3.02. The topological polar surface area (TPSA) is 105 Å². The number of carbonyl (C=O) groups excluding carboxylic acids is 2. The largest absolute Gasteiger partial charge is 0.486 e. The molecule has 4 aromatic rings. The maximum Gasteiger partial charge on any atom is 0.264 e. The third-order valence-electron chi connectivity index (χ3n) is 7.96. The van der Waals surface area contributed by atoms with E-state index in [1.165, 1.54) is 35.2 Å². The van der Waals surface area contributed by atoms with E-state index in [0.29, 0.717) is 18.8 Å². The molecule has 5 rings (SSSR count). The van der Waals surface area contributed by atoms with Crippen LogP contribution in [0.15, 0.2) is 108 Å². The summed E-state index contributed by atoms with van der Waals surface area (Å²) in [5.41, 5.74) is 1.68. The molecule has 1 aliphatic heterocycles. The highest BCUT2D eigenvalue weighted by Crippen LogP contribution is 2.34. The Kier molecular flexibility index (Phi) is 10.8. The molecule has 0 fully saturated rings. The van der Waals surface area contributed by atoms with E-state index in [0.717, 1.165) is 27.6 Å². The second-order valence-electron chi connectivity index (χ2n) is 11.3. The van der Waals surface area contributed by atoms with E-state index >= 15 is 0 Å². The molecule has 0 aliphatic carbocycles. The first-order valence-corrected chi connectivity index (χ1v) is 17.0. The van der Waals surface area contributed by atoms with Crippen molar-refractivity contribution in [3.8, 4) is 11.5 Å². The van der Waals surface area contributed by atoms with Crippen LogP contribution in [0.3, 0.4) is 0 Å². The monoisotopic (exact) mass is 659 g/mol. The summed E-state index contributed by atoms with van der Waals surface area (Å²) in [6, 6.07) is 26.5. The molecule has 246 valence electrons. The molecule has 11 heteroatoms. The zero-order valence-corrected chi connectivity index (χ0v) is 27.2. The van der Waals surface area contributed by atoms with E-state index in [1.807, 2.05) is 74.5 Å². The Bertz CT molecular complexity index is 1770. The van der Waals surface area contributed by atoms with Crippen molar-refractivity contribution in [1.29, 1.82) is 0 Å². The molecule has 47 heavy (non-hydrogen) atoms. The minimum Gasteiger partial charge on any atom is -0.486 e. The van der Waals surface area contributed by atoms with Crippen molar-refractivity contribution in [2.75, 3.05) is 24.1 Å². The summed E-state index contributed by atoms with van der Waals surface area (Å²) >= 11 is 0. The van der Waals surface area contributed by atoms with Gasteiger partial charge in [0.1, 0.15) is 31.6 Å². The van der Waals surface area contributed by atoms with Gasteiger partial charge in [-0.1, -0.05) is 67.6 Å². The Hall–Kier alpha value is -4.90. The number of halogens is 1. The first-order chi connectivity index (χ1) is 22.7. The minimum absolute atomic E-state index is 0.0480. The summed E-state index contributed by atoms with van der Waals surface area (Å²) in [4.78, 5) is 29.7. The van der Waals surface area contributed by atoms with Crippen molar-refractivity contribution in [3.05, 3.63) is 120 Å². The first kappa shape index (κ1) is 33.5. The number of sulfonamides is 1. The molecular weight excluding hydrogens is 621 g/mol. The van der Waals surface area contributed by atoms with Gasteiger partial charge in [0.15, 0.2) is 11.5 Å². The molecule has 2 amide bonds. The Labute approximate surface area is 275 Å². The van der Waals surface area contributed by atoms with Crippen LogP contribution < -0.4 is 19.1 Å². The van der Waals surface area contributed by atoms with Crippen LogP contribution in [0, 0.1) is 5.82 Å². The number of nitrogens with one attached hydrogen (secondary N) is 1. The summed E-state index contributed by atoms with van der Waals surface area (Å²) in [6.07, 6.45) is 0.885. The molecule has 1 N–H and O–H groups in total. The number of anilines is 1. The molecule has 0 radical (unpaired) electrons. The van der Waals surface area contributed by atoms with Crippen LogP contribution in [0.25, 0.3) is 0 Å². The van der Waals surface area contributed by atoms with Gasteiger partial charge in [0, 0.05) is 25.1 Å². The average molecular weight is 660 g/mol. The van der Waals surface area contributed by atoms with E-state index in [2.05, 4.69) is 5.32 Å². The van der Waals surface area contributed by atoms with Crippen LogP contribution in [0.5, 0.6) is 11.5 Å². The standard InChI is InChI=1S/C36H38FN3O6S/c1-3-26(2)38-36(42)32(22-27-10-6-4-7-11-27)39(24-28-12-8-5-9-13-28)35(41)25-40(30-16-14-29(37)15-17-30)47(43,44)31-18-19-33-34(23-31)46-21-20-45-33/h4-19,23,26,32H,3,20-22,24-25H2,1-2H3,(H,38,42)/t26-,32-/m0/s1. The Morgan fingerprint density at radius 3 is 2.11 bits per heavy atom. The fourth-order valence-electron chi connectivity index (χ4n) is 5.22. The van der Waals surface area contributed by atoms with Crippen molar-refractivity contribution in [1.82, 2.24) is 10.2 Å². The third kappa shape index (κ3) is 8.28. The van der Waals surface area contributed by atoms with E-state index in [-0.39, 0.29) is 47.9 Å². The summed E-state index contributed by atoms with van der Waals surface area (Å²) in [5.74, 6) is -0.857. The number of nitrogens with zero attached hydrogens (tertiary/aromatic N) is 2. The van der Waals surface area contributed by atoms with Gasteiger partial charge in [0.2, 0.25) is 11.8 Å². The zero-order chi connectivity index (χ0) is 33.4. The summed E-state index contributed by atoms with van der Waals surface area (Å²) in [6.45, 7) is 3.82. The quantitative estimate of drug-likeness (QED) is 0.208. The molecule has 4 aromatic carbocycles. The minimum atomic E-state index is -4.40. The van der Waals surface area contributed by atoms with Gasteiger partial charge in [-0.15, -0.1) is 0 Å². The molecule has 0 saturated heterocycles. The second-order valence-corrected chi connectivity index (χ2v) is 13.2. The molecule has 0 aromatic heterocycles. The molecular formula is C36H38FN3O6S. The van der Waals surface area contributed by atoms with Gasteiger partial charge in [0.05, 0.1) is 10.6 Å². The van der Waals surface area contributed by atoms with Crippen LogP contribution >= 0.6 is 0 Å². The number of hydrogen-bond acceptors (Lipinski definition) is 6. The normalized spacial score (nSPS) is 13.7. The van der Waals surface area contributed by atoms with E-state index in [4.69, 9.17) is 9.47 Å². The van der Waals surface area contributed by atoms with Gasteiger partial charge < -0.3 is 19.7 Å². The number of hydrogen-bond donors (Lipinski definition) is 1. The number of ether oxygens (including phenoxy) is 2. The van der Waals surface area contributed by atoms with Crippen molar-refractivity contribution in [2.24, 2.45) is 0 Å². The highest BCUT2D eigenvalue weighted by atomic mass is 32.2. The molecule has 0 unspecified atom stereocenters. The van der Waals surface area contributed by atoms with Crippen molar-refractivity contribution < 1.29 is 31.9 Å². The lowest BCUT2D eigenvalue weighted by Crippen LogP contribution is -2.54. The molecule has 0 saturated carbocycles. The Balaban J connectivity index is 1.56. The fourth-order valence-corrected chi connectivity index (χ4v) is 6.65. The molecule has 2 atom stereocenters. The SMILES string of the molecule is CC[C@H](C)NC(=O)[C@H](Cc1ccccc1)N(Cc1ccccc1)C(=O)CN(c1ccc(F)cc1)S(=O)(=O)c1ccc2c(c1)OCCO2. The number of fused-ring (bicyclic) bond motifs is 1. The Morgan fingerprint density at radius 1 is 0.851 bits per heavy atom. The van der Waals surface area contributed by atoms with Gasteiger partial charge in [-0.3, -0.25) is 13.9 Å². The summed E-state index contributed by atoms with van der Waals surface area (Å²) in [7, 11) is -4.40. The molecule has 1 heterocycles. The van der Waals surface area contributed by atoms with E-state index in [9.17, 15) is 22.4 Å². The van der Waals surface area contributed by atoms with Crippen LogP contribution in [-0.4, -0.2) is 57.0 Å². The predicted octanol–water partition coefficient (Wildman–Crippen LogP) is 5.35. The highest BCUT2D eigenvalue weighted by molar-refractivity contribution is 7.92. The second kappa shape index (κ2) is 15.1. The smallest absolute Gasteiger partial charge is 0.264 e. The van der Waals surface area contributed by atoms with Gasteiger partial charge in [-0.2, -0.15) is 0 Å². The summed E-state index contributed by atoms with van der Waals surface area (Å²) < 4.78 is 54.7. The number of amides is 2. The maximum atomic E-state index is 14.5. The van der Waals surface area contributed by atoms with Crippen molar-refractivity contribution in [2.45, 2.75) is 50.2 Å². The molecule has 1 aliphatic rings. The van der Waals surface area contributed by atoms with E-state index < -0.39 is 34.3 Å². The maximum absolute atomic E-state index is 14.5. The van der Waals surface area contributed by atoms with Crippen molar-refractivity contribution >= 4 is 27.5 Å². The average Bonchev–Trinajstić information content (AvgIpc) is 3.09. The molecule has 9 nitrogen and oxygen atoms in total. The Morgan fingerprint density at radius 2 is 1.47 bits per heavy atom.